The monoisotopic (exact) mass is 448 g/mol. The minimum atomic E-state index is -0.355. The van der Waals surface area contributed by atoms with Gasteiger partial charge in [0.25, 0.3) is 5.91 Å². The molecule has 3 aromatic rings. The number of carbonyl (C=O) groups excluding carboxylic acids is 1. The van der Waals surface area contributed by atoms with Crippen molar-refractivity contribution in [1.82, 2.24) is 0 Å². The van der Waals surface area contributed by atoms with E-state index in [0.29, 0.717) is 32.1 Å². The molecule has 1 amide bonds. The van der Waals surface area contributed by atoms with E-state index in [1.165, 1.54) is 19.3 Å². The molecule has 4 rings (SSSR count). The number of amides is 1. The van der Waals surface area contributed by atoms with E-state index in [-0.39, 0.29) is 11.7 Å². The minimum Gasteiger partial charge on any atom is -0.451 e. The molecule has 0 unspecified atom stereocenters. The normalized spacial score (nSPS) is 14.1. The van der Waals surface area contributed by atoms with Crippen molar-refractivity contribution in [3.05, 3.63) is 69.4 Å². The molecule has 0 aliphatic carbocycles. The van der Waals surface area contributed by atoms with Crippen LogP contribution in [0.1, 0.15) is 29.8 Å². The maximum Gasteiger partial charge on any atom is 0.291 e. The van der Waals surface area contributed by atoms with Gasteiger partial charge >= 0.3 is 0 Å². The van der Waals surface area contributed by atoms with Gasteiger partial charge in [0.1, 0.15) is 5.76 Å². The standard InChI is InChI=1S/C22H19Cl3N2O2/c23-15-10-14(11-16(24)12-15)20-6-7-21(29-20)22(28)26-17-4-5-19(18(25)13-17)27-8-2-1-3-9-27/h4-7,10-13H,1-3,8-9H2,(H,26,28). The Hall–Kier alpha value is -2.14. The molecule has 0 saturated carbocycles. The van der Waals surface area contributed by atoms with Gasteiger partial charge in [0.05, 0.1) is 10.7 Å². The van der Waals surface area contributed by atoms with Crippen LogP contribution in [0.15, 0.2) is 52.9 Å². The highest BCUT2D eigenvalue weighted by atomic mass is 35.5. The number of piperidine rings is 1. The van der Waals surface area contributed by atoms with E-state index in [9.17, 15) is 4.79 Å². The molecule has 0 spiro atoms. The third-order valence-corrected chi connectivity index (χ3v) is 5.62. The molecule has 4 nitrogen and oxygen atoms in total. The lowest BCUT2D eigenvalue weighted by Gasteiger charge is -2.29. The Bertz CT molecular complexity index is 1020. The Balaban J connectivity index is 1.48. The summed E-state index contributed by atoms with van der Waals surface area (Å²) in [6.07, 6.45) is 3.61. The van der Waals surface area contributed by atoms with E-state index in [1.54, 1.807) is 36.4 Å². The lowest BCUT2D eigenvalue weighted by atomic mass is 10.1. The van der Waals surface area contributed by atoms with Gasteiger partial charge in [-0.15, -0.1) is 0 Å². The third-order valence-electron chi connectivity index (χ3n) is 4.88. The number of nitrogens with zero attached hydrogens (tertiary/aromatic N) is 1. The molecule has 150 valence electrons. The lowest BCUT2D eigenvalue weighted by molar-refractivity contribution is 0.0997. The quantitative estimate of drug-likeness (QED) is 0.460. The summed E-state index contributed by atoms with van der Waals surface area (Å²) < 4.78 is 5.69. The average molecular weight is 450 g/mol. The number of halogens is 3. The first kappa shape index (κ1) is 20.1. The summed E-state index contributed by atoms with van der Waals surface area (Å²) in [5.41, 5.74) is 2.32. The van der Waals surface area contributed by atoms with Crippen molar-refractivity contribution in [2.45, 2.75) is 19.3 Å². The van der Waals surface area contributed by atoms with Crippen molar-refractivity contribution >= 4 is 52.1 Å². The van der Waals surface area contributed by atoms with Crippen LogP contribution >= 0.6 is 34.8 Å². The zero-order chi connectivity index (χ0) is 20.4. The second-order valence-corrected chi connectivity index (χ2v) is 8.27. The first-order valence-corrected chi connectivity index (χ1v) is 10.6. The van der Waals surface area contributed by atoms with Crippen LogP contribution in [0.3, 0.4) is 0 Å². The third kappa shape index (κ3) is 4.72. The van der Waals surface area contributed by atoms with E-state index in [1.807, 2.05) is 12.1 Å². The van der Waals surface area contributed by atoms with Crippen molar-refractivity contribution in [3.8, 4) is 11.3 Å². The number of nitrogens with one attached hydrogen (secondary N) is 1. The highest BCUT2D eigenvalue weighted by molar-refractivity contribution is 6.35. The summed E-state index contributed by atoms with van der Waals surface area (Å²) in [5, 5.41) is 4.45. The van der Waals surface area contributed by atoms with Crippen LogP contribution in [0, 0.1) is 0 Å². The van der Waals surface area contributed by atoms with Crippen molar-refractivity contribution in [2.24, 2.45) is 0 Å². The lowest BCUT2D eigenvalue weighted by Crippen LogP contribution is -2.29. The van der Waals surface area contributed by atoms with Crippen molar-refractivity contribution < 1.29 is 9.21 Å². The second kappa shape index (κ2) is 8.70. The molecule has 1 aliphatic heterocycles. The van der Waals surface area contributed by atoms with Gasteiger partial charge in [0.15, 0.2) is 5.76 Å². The topological polar surface area (TPSA) is 45.5 Å². The van der Waals surface area contributed by atoms with Crippen LogP contribution in [0.2, 0.25) is 15.1 Å². The molecule has 29 heavy (non-hydrogen) atoms. The van der Waals surface area contributed by atoms with E-state index < -0.39 is 0 Å². The zero-order valence-electron chi connectivity index (χ0n) is 15.6. The maximum atomic E-state index is 12.6. The summed E-state index contributed by atoms with van der Waals surface area (Å²) in [6.45, 7) is 2.02. The van der Waals surface area contributed by atoms with Crippen molar-refractivity contribution in [1.29, 1.82) is 0 Å². The Morgan fingerprint density at radius 2 is 1.62 bits per heavy atom. The van der Waals surface area contributed by atoms with Crippen LogP contribution in [0.25, 0.3) is 11.3 Å². The van der Waals surface area contributed by atoms with Gasteiger partial charge in [-0.25, -0.2) is 0 Å². The molecule has 0 bridgehead atoms. The highest BCUT2D eigenvalue weighted by Gasteiger charge is 2.16. The highest BCUT2D eigenvalue weighted by Crippen LogP contribution is 2.32. The number of furan rings is 1. The number of hydrogen-bond acceptors (Lipinski definition) is 3. The molecular weight excluding hydrogens is 431 g/mol. The first-order chi connectivity index (χ1) is 14.0. The van der Waals surface area contributed by atoms with Crippen LogP contribution in [0.4, 0.5) is 11.4 Å². The van der Waals surface area contributed by atoms with E-state index >= 15 is 0 Å². The van der Waals surface area contributed by atoms with E-state index in [2.05, 4.69) is 10.2 Å². The second-order valence-electron chi connectivity index (χ2n) is 6.99. The SMILES string of the molecule is O=C(Nc1ccc(N2CCCCC2)c(Cl)c1)c1ccc(-c2cc(Cl)cc(Cl)c2)o1. The summed E-state index contributed by atoms with van der Waals surface area (Å²) in [6, 6.07) is 14.0. The molecule has 2 heterocycles. The van der Waals surface area contributed by atoms with Gasteiger partial charge in [0, 0.05) is 34.4 Å². The molecule has 0 radical (unpaired) electrons. The predicted molar refractivity (Wildman–Crippen MR) is 120 cm³/mol. The van der Waals surface area contributed by atoms with Gasteiger partial charge in [-0.1, -0.05) is 34.8 Å². The average Bonchev–Trinajstić information content (AvgIpc) is 3.18. The minimum absolute atomic E-state index is 0.187. The molecule has 0 atom stereocenters. The van der Waals surface area contributed by atoms with Gasteiger partial charge in [-0.3, -0.25) is 4.79 Å². The molecule has 2 aromatic carbocycles. The van der Waals surface area contributed by atoms with E-state index in [0.717, 1.165) is 18.8 Å². The molecule has 1 aliphatic rings. The fourth-order valence-electron chi connectivity index (χ4n) is 3.48. The van der Waals surface area contributed by atoms with E-state index in [4.69, 9.17) is 39.2 Å². The number of benzene rings is 2. The van der Waals surface area contributed by atoms with Crippen LogP contribution in [0.5, 0.6) is 0 Å². The Morgan fingerprint density at radius 3 is 2.31 bits per heavy atom. The Kier molecular flexibility index (Phi) is 6.04. The molecule has 1 fully saturated rings. The smallest absolute Gasteiger partial charge is 0.291 e. The Morgan fingerprint density at radius 1 is 0.897 bits per heavy atom. The molecule has 1 N–H and O–H groups in total. The van der Waals surface area contributed by atoms with Crippen LogP contribution in [-0.2, 0) is 0 Å². The van der Waals surface area contributed by atoms with Gasteiger partial charge in [0.2, 0.25) is 0 Å². The van der Waals surface area contributed by atoms with Gasteiger partial charge in [-0.2, -0.15) is 0 Å². The fourth-order valence-corrected chi connectivity index (χ4v) is 4.31. The number of anilines is 2. The molecule has 1 saturated heterocycles. The summed E-state index contributed by atoms with van der Waals surface area (Å²) in [7, 11) is 0. The number of hydrogen-bond donors (Lipinski definition) is 1. The van der Waals surface area contributed by atoms with Crippen LogP contribution in [-0.4, -0.2) is 19.0 Å². The number of rotatable bonds is 4. The van der Waals surface area contributed by atoms with Crippen LogP contribution < -0.4 is 10.2 Å². The van der Waals surface area contributed by atoms with Gasteiger partial charge < -0.3 is 14.6 Å². The molecular formula is C22H19Cl3N2O2. The Labute approximate surface area is 184 Å². The zero-order valence-corrected chi connectivity index (χ0v) is 17.8. The predicted octanol–water partition coefficient (Wildman–Crippen LogP) is 7.15. The summed E-state index contributed by atoms with van der Waals surface area (Å²) in [5.74, 6) is 0.344. The molecule has 1 aromatic heterocycles. The largest absolute Gasteiger partial charge is 0.451 e. The van der Waals surface area contributed by atoms with Gasteiger partial charge in [-0.05, 0) is 67.8 Å². The van der Waals surface area contributed by atoms with Crippen molar-refractivity contribution in [3.63, 3.8) is 0 Å². The summed E-state index contributed by atoms with van der Waals surface area (Å²) in [4.78, 5) is 14.9. The first-order valence-electron chi connectivity index (χ1n) is 9.42. The summed E-state index contributed by atoms with van der Waals surface area (Å²) >= 11 is 18.5. The fraction of sp³-hybridized carbons (Fsp3) is 0.227. The van der Waals surface area contributed by atoms with Crippen molar-refractivity contribution in [2.75, 3.05) is 23.3 Å². The number of carbonyl (C=O) groups is 1. The molecule has 7 heteroatoms. The maximum absolute atomic E-state index is 12.6.